The minimum absolute atomic E-state index is 0.293. The first-order valence-electron chi connectivity index (χ1n) is 5.90. The molecule has 96 valence electrons. The molecule has 0 saturated heterocycles. The molecule has 2 heterocycles. The van der Waals surface area contributed by atoms with Crippen LogP contribution >= 0.6 is 0 Å². The van der Waals surface area contributed by atoms with Crippen molar-refractivity contribution >= 4 is 11.6 Å². The average molecular weight is 249 g/mol. The van der Waals surface area contributed by atoms with E-state index in [2.05, 4.69) is 10.1 Å². The quantitative estimate of drug-likeness (QED) is 0.754. The van der Waals surface area contributed by atoms with Crippen molar-refractivity contribution < 1.29 is 14.3 Å². The summed E-state index contributed by atoms with van der Waals surface area (Å²) in [4.78, 5) is 15.9. The van der Waals surface area contributed by atoms with Crippen LogP contribution in [0, 0.1) is 0 Å². The molecule has 18 heavy (non-hydrogen) atoms. The number of hydrogen-bond donors (Lipinski definition) is 0. The molecule has 0 aliphatic carbocycles. The molecule has 0 unspecified atom stereocenters. The normalized spacial score (nSPS) is 10.6. The molecule has 6 nitrogen and oxygen atoms in total. The van der Waals surface area contributed by atoms with E-state index in [-0.39, 0.29) is 0 Å². The van der Waals surface area contributed by atoms with Crippen LogP contribution in [0.5, 0.6) is 5.88 Å². The second-order valence-corrected chi connectivity index (χ2v) is 3.65. The maximum atomic E-state index is 11.8. The molecule has 0 saturated carbocycles. The van der Waals surface area contributed by atoms with E-state index in [1.807, 2.05) is 6.92 Å². The SMILES string of the molecule is CCCOc1c(C(=O)OCC)cnc2ccnn12. The molecule has 0 amide bonds. The Hall–Kier alpha value is -2.11. The lowest BCUT2D eigenvalue weighted by molar-refractivity contribution is 0.0519. The van der Waals surface area contributed by atoms with Crippen LogP contribution in [-0.2, 0) is 4.74 Å². The van der Waals surface area contributed by atoms with Crippen molar-refractivity contribution in [3.05, 3.63) is 24.0 Å². The fourth-order valence-corrected chi connectivity index (χ4v) is 1.54. The van der Waals surface area contributed by atoms with E-state index in [0.29, 0.717) is 30.3 Å². The van der Waals surface area contributed by atoms with Gasteiger partial charge in [0.2, 0.25) is 5.88 Å². The summed E-state index contributed by atoms with van der Waals surface area (Å²) in [5.41, 5.74) is 0.927. The second kappa shape index (κ2) is 5.48. The van der Waals surface area contributed by atoms with Gasteiger partial charge in [-0.15, -0.1) is 0 Å². The lowest BCUT2D eigenvalue weighted by Gasteiger charge is -2.10. The Balaban J connectivity index is 2.46. The van der Waals surface area contributed by atoms with Crippen molar-refractivity contribution in [3.8, 4) is 5.88 Å². The van der Waals surface area contributed by atoms with Gasteiger partial charge in [-0.05, 0) is 13.3 Å². The van der Waals surface area contributed by atoms with Crippen LogP contribution in [0.2, 0.25) is 0 Å². The van der Waals surface area contributed by atoms with Gasteiger partial charge in [-0.25, -0.2) is 9.78 Å². The molecular formula is C12H15N3O3. The van der Waals surface area contributed by atoms with Gasteiger partial charge in [0.25, 0.3) is 0 Å². The van der Waals surface area contributed by atoms with Gasteiger partial charge in [0.1, 0.15) is 5.56 Å². The van der Waals surface area contributed by atoms with Crippen LogP contribution in [0.25, 0.3) is 5.65 Å². The lowest BCUT2D eigenvalue weighted by atomic mass is 10.3. The zero-order valence-corrected chi connectivity index (χ0v) is 10.4. The molecule has 0 radical (unpaired) electrons. The van der Waals surface area contributed by atoms with Gasteiger partial charge in [0.05, 0.1) is 19.4 Å². The van der Waals surface area contributed by atoms with E-state index in [9.17, 15) is 4.79 Å². The molecule has 0 aliphatic heterocycles. The Morgan fingerprint density at radius 1 is 1.44 bits per heavy atom. The van der Waals surface area contributed by atoms with E-state index in [1.54, 1.807) is 19.2 Å². The predicted molar refractivity (Wildman–Crippen MR) is 64.7 cm³/mol. The highest BCUT2D eigenvalue weighted by molar-refractivity contribution is 5.91. The van der Waals surface area contributed by atoms with Crippen molar-refractivity contribution in [3.63, 3.8) is 0 Å². The number of aromatic nitrogens is 3. The number of rotatable bonds is 5. The van der Waals surface area contributed by atoms with Crippen molar-refractivity contribution in [1.82, 2.24) is 14.6 Å². The summed E-state index contributed by atoms with van der Waals surface area (Å²) in [6, 6.07) is 1.74. The maximum Gasteiger partial charge on any atom is 0.345 e. The first-order chi connectivity index (χ1) is 8.77. The molecule has 0 aromatic carbocycles. The molecule has 0 N–H and O–H groups in total. The highest BCUT2D eigenvalue weighted by Crippen LogP contribution is 2.19. The minimum Gasteiger partial charge on any atom is -0.477 e. The fourth-order valence-electron chi connectivity index (χ4n) is 1.54. The molecule has 0 bridgehead atoms. The monoisotopic (exact) mass is 249 g/mol. The molecule has 2 rings (SSSR count). The van der Waals surface area contributed by atoms with Crippen LogP contribution in [-0.4, -0.2) is 33.8 Å². The van der Waals surface area contributed by atoms with Crippen molar-refractivity contribution in [2.75, 3.05) is 13.2 Å². The Morgan fingerprint density at radius 3 is 3.00 bits per heavy atom. The Labute approximate surface area is 105 Å². The fraction of sp³-hybridized carbons (Fsp3) is 0.417. The maximum absolute atomic E-state index is 11.8. The van der Waals surface area contributed by atoms with Gasteiger partial charge in [0, 0.05) is 12.3 Å². The molecule has 6 heteroatoms. The molecule has 0 spiro atoms. The van der Waals surface area contributed by atoms with Crippen molar-refractivity contribution in [2.24, 2.45) is 0 Å². The highest BCUT2D eigenvalue weighted by Gasteiger charge is 2.18. The number of carbonyl (C=O) groups excluding carboxylic acids is 1. The number of hydrogen-bond acceptors (Lipinski definition) is 5. The Bertz CT molecular complexity index is 550. The van der Waals surface area contributed by atoms with Crippen LogP contribution in [0.4, 0.5) is 0 Å². The second-order valence-electron chi connectivity index (χ2n) is 3.65. The van der Waals surface area contributed by atoms with E-state index >= 15 is 0 Å². The van der Waals surface area contributed by atoms with Crippen LogP contribution in [0.1, 0.15) is 30.6 Å². The van der Waals surface area contributed by atoms with Gasteiger partial charge < -0.3 is 9.47 Å². The topological polar surface area (TPSA) is 65.7 Å². The van der Waals surface area contributed by atoms with Gasteiger partial charge >= 0.3 is 5.97 Å². The number of esters is 1. The van der Waals surface area contributed by atoms with Gasteiger partial charge in [0.15, 0.2) is 5.65 Å². The van der Waals surface area contributed by atoms with E-state index in [4.69, 9.17) is 9.47 Å². The summed E-state index contributed by atoms with van der Waals surface area (Å²) in [5.74, 6) is -0.0706. The molecule has 0 aliphatic rings. The third-order valence-corrected chi connectivity index (χ3v) is 2.31. The molecule has 2 aromatic heterocycles. The van der Waals surface area contributed by atoms with Crippen LogP contribution in [0.15, 0.2) is 18.5 Å². The summed E-state index contributed by atoms with van der Waals surface area (Å²) in [6.07, 6.45) is 3.91. The standard InChI is InChI=1S/C12H15N3O3/c1-3-7-18-11-9(12(16)17-4-2)8-13-10-5-6-14-15(10)11/h5-6,8H,3-4,7H2,1-2H3. The van der Waals surface area contributed by atoms with E-state index in [1.165, 1.54) is 10.7 Å². The third kappa shape index (κ3) is 2.27. The van der Waals surface area contributed by atoms with Crippen LogP contribution < -0.4 is 4.74 Å². The van der Waals surface area contributed by atoms with Crippen molar-refractivity contribution in [1.29, 1.82) is 0 Å². The summed E-state index contributed by atoms with van der Waals surface area (Å²) in [5, 5.41) is 4.10. The Kier molecular flexibility index (Phi) is 3.76. The summed E-state index contributed by atoms with van der Waals surface area (Å²) in [7, 11) is 0. The summed E-state index contributed by atoms with van der Waals surface area (Å²) >= 11 is 0. The lowest BCUT2D eigenvalue weighted by Crippen LogP contribution is -2.12. The molecule has 0 fully saturated rings. The molecule has 2 aromatic rings. The van der Waals surface area contributed by atoms with E-state index in [0.717, 1.165) is 6.42 Å². The average Bonchev–Trinajstić information content (AvgIpc) is 2.84. The number of ether oxygens (including phenoxy) is 2. The predicted octanol–water partition coefficient (Wildman–Crippen LogP) is 1.69. The highest BCUT2D eigenvalue weighted by atomic mass is 16.5. The van der Waals surface area contributed by atoms with Gasteiger partial charge in [-0.1, -0.05) is 6.92 Å². The molecule has 0 atom stereocenters. The minimum atomic E-state index is -0.450. The smallest absolute Gasteiger partial charge is 0.345 e. The number of nitrogens with zero attached hydrogens (tertiary/aromatic N) is 3. The summed E-state index contributed by atoms with van der Waals surface area (Å²) < 4.78 is 12.1. The zero-order valence-electron chi connectivity index (χ0n) is 10.4. The molecular weight excluding hydrogens is 234 g/mol. The van der Waals surface area contributed by atoms with Gasteiger partial charge in [-0.2, -0.15) is 9.61 Å². The third-order valence-electron chi connectivity index (χ3n) is 2.31. The largest absolute Gasteiger partial charge is 0.477 e. The van der Waals surface area contributed by atoms with Crippen molar-refractivity contribution in [2.45, 2.75) is 20.3 Å². The number of carbonyl (C=O) groups is 1. The van der Waals surface area contributed by atoms with E-state index < -0.39 is 5.97 Å². The van der Waals surface area contributed by atoms with Gasteiger partial charge in [-0.3, -0.25) is 0 Å². The van der Waals surface area contributed by atoms with Crippen LogP contribution in [0.3, 0.4) is 0 Å². The zero-order chi connectivity index (χ0) is 13.0. The number of fused-ring (bicyclic) bond motifs is 1. The summed E-state index contributed by atoms with van der Waals surface area (Å²) in [6.45, 7) is 4.56. The first kappa shape index (κ1) is 12.3. The first-order valence-corrected chi connectivity index (χ1v) is 5.90. The Morgan fingerprint density at radius 2 is 2.28 bits per heavy atom.